The summed E-state index contributed by atoms with van der Waals surface area (Å²) in [4.78, 5) is 27.2. The maximum atomic E-state index is 11.9. The molecular weight excluding hydrogens is 811 g/mol. The van der Waals surface area contributed by atoms with Gasteiger partial charge in [0.25, 0.3) is 0 Å². The molecule has 3 N–H and O–H groups in total. The largest absolute Gasteiger partial charge is 1.00 e. The Morgan fingerprint density at radius 2 is 1.22 bits per heavy atom. The number of likely N-dealkylation sites (tertiary alicyclic amines) is 2. The maximum Gasteiger partial charge on any atom is 1.00 e. The van der Waals surface area contributed by atoms with E-state index in [1.54, 1.807) is 19.3 Å². The quantitative estimate of drug-likeness (QED) is 0.277. The second kappa shape index (κ2) is 19.4. The van der Waals surface area contributed by atoms with Crippen LogP contribution < -0.4 is 218 Å². The minimum atomic E-state index is -0.274. The molecular formula is C27H50Cs3N4O2-. The summed E-state index contributed by atoms with van der Waals surface area (Å²) in [5, 5.41) is 2.98. The minimum Gasteiger partial charge on any atom is -0.369 e. The summed E-state index contributed by atoms with van der Waals surface area (Å²) in [6, 6.07) is 0.759. The molecule has 6 bridgehead atoms. The molecule has 2 saturated heterocycles. The number of nitrogens with two attached hydrogens (primary N) is 1. The van der Waals surface area contributed by atoms with Crippen LogP contribution in [0.5, 0.6) is 0 Å². The van der Waals surface area contributed by atoms with Crippen LogP contribution >= 0.6 is 0 Å². The molecule has 6 nitrogen and oxygen atoms in total. The van der Waals surface area contributed by atoms with E-state index in [4.69, 9.17) is 5.73 Å². The molecule has 0 aromatic heterocycles. The molecule has 4 saturated carbocycles. The number of primary amides is 1. The summed E-state index contributed by atoms with van der Waals surface area (Å²) in [5.41, 5.74) is 5.59. The standard InChI is InChI=1S/C13H24N4O2.C11H17.3CH3.3Cs/c1-13(2,3)15-12(19)8-17-6-9-4-10(17)5-16(9)7-11(14)18;1-11-5-8-2-9(6-11)4-10(3-8)7-11;;;;;;/h9-10H,4-8H2,1-3H3,(H2,14,18)(H,15,19);8-10H,1-7H2;3*1H3;;;/q;4*-1;3*+1. The molecule has 6 rings (SSSR count). The van der Waals surface area contributed by atoms with Gasteiger partial charge < -0.3 is 40.3 Å². The molecule has 4 aliphatic carbocycles. The van der Waals surface area contributed by atoms with Gasteiger partial charge in [0.2, 0.25) is 11.8 Å². The van der Waals surface area contributed by atoms with Crippen molar-refractivity contribution in [1.29, 1.82) is 0 Å². The van der Waals surface area contributed by atoms with Crippen LogP contribution in [0.1, 0.15) is 65.7 Å². The summed E-state index contributed by atoms with van der Waals surface area (Å²) >= 11 is 0. The molecule has 2 unspecified atom stereocenters. The van der Waals surface area contributed by atoms with Crippen LogP contribution in [-0.4, -0.2) is 65.4 Å². The monoisotopic (exact) mass is 861 g/mol. The molecule has 0 radical (unpaired) electrons. The van der Waals surface area contributed by atoms with Crippen molar-refractivity contribution < 1.29 is 216 Å². The van der Waals surface area contributed by atoms with Gasteiger partial charge in [-0.05, 0) is 64.2 Å². The number of carbonyl (C=O) groups excluding carboxylic acids is 2. The first-order valence-electron chi connectivity index (χ1n) is 11.9. The molecule has 2 aliphatic heterocycles. The van der Waals surface area contributed by atoms with E-state index in [1.165, 1.54) is 19.3 Å². The van der Waals surface area contributed by atoms with E-state index in [0.29, 0.717) is 30.6 Å². The summed E-state index contributed by atoms with van der Waals surface area (Å²) in [6.07, 6.45) is 10.1. The third-order valence-electron chi connectivity index (χ3n) is 7.85. The van der Waals surface area contributed by atoms with E-state index in [-0.39, 0.29) is 246 Å². The van der Waals surface area contributed by atoms with E-state index in [9.17, 15) is 9.59 Å². The topological polar surface area (TPSA) is 78.7 Å². The van der Waals surface area contributed by atoms with Gasteiger partial charge in [0.1, 0.15) is 0 Å². The van der Waals surface area contributed by atoms with Crippen molar-refractivity contribution in [2.75, 3.05) is 26.2 Å². The van der Waals surface area contributed by atoms with Crippen molar-refractivity contribution in [1.82, 2.24) is 15.1 Å². The number of nitrogens with zero attached hydrogens (tertiary/aromatic N) is 2. The van der Waals surface area contributed by atoms with Crippen molar-refractivity contribution >= 4 is 11.8 Å². The Morgan fingerprint density at radius 3 is 1.53 bits per heavy atom. The zero-order chi connectivity index (χ0) is 21.7. The van der Waals surface area contributed by atoms with Crippen LogP contribution in [0.2, 0.25) is 0 Å². The van der Waals surface area contributed by atoms with E-state index < -0.39 is 0 Å². The number of amides is 2. The van der Waals surface area contributed by atoms with Crippen molar-refractivity contribution in [3.8, 4) is 0 Å². The number of hydrogen-bond donors (Lipinski definition) is 2. The fourth-order valence-electron chi connectivity index (χ4n) is 7.35. The minimum absolute atomic E-state index is 0. The van der Waals surface area contributed by atoms with Gasteiger partial charge in [0.15, 0.2) is 0 Å². The number of hydrogen-bond acceptors (Lipinski definition) is 4. The number of nitrogens with one attached hydrogen (secondary N) is 1. The van der Waals surface area contributed by atoms with Crippen molar-refractivity contribution in [3.63, 3.8) is 0 Å². The first kappa shape index (κ1) is 45.4. The Balaban J connectivity index is -0.000000560. The van der Waals surface area contributed by atoms with Gasteiger partial charge in [-0.3, -0.25) is 19.4 Å². The first-order chi connectivity index (χ1) is 14.0. The first-order valence-corrected chi connectivity index (χ1v) is 11.9. The molecule has 2 heterocycles. The molecule has 6 fully saturated rings. The Hall–Kier alpha value is 5.02. The van der Waals surface area contributed by atoms with Gasteiger partial charge in [0, 0.05) is 30.7 Å². The smallest absolute Gasteiger partial charge is 0.369 e. The molecule has 36 heavy (non-hydrogen) atoms. The van der Waals surface area contributed by atoms with Crippen LogP contribution in [0.4, 0.5) is 0 Å². The summed E-state index contributed by atoms with van der Waals surface area (Å²) in [6.45, 7) is 12.9. The summed E-state index contributed by atoms with van der Waals surface area (Å²) < 4.78 is 0. The zero-order valence-electron chi connectivity index (χ0n) is 25.2. The van der Waals surface area contributed by atoms with Gasteiger partial charge in [-0.2, -0.15) is 5.41 Å². The molecule has 0 aromatic rings. The van der Waals surface area contributed by atoms with E-state index in [2.05, 4.69) is 22.0 Å². The Bertz CT molecular complexity index is 651. The average molecular weight is 861 g/mol. The van der Waals surface area contributed by atoms with Gasteiger partial charge in [-0.25, -0.2) is 0 Å². The van der Waals surface area contributed by atoms with Crippen LogP contribution in [-0.2, 0) is 9.59 Å². The van der Waals surface area contributed by atoms with Crippen LogP contribution in [0.15, 0.2) is 0 Å². The number of carbonyl (C=O) groups is 2. The molecule has 9 heteroatoms. The molecule has 0 spiro atoms. The number of piperazine rings is 1. The van der Waals surface area contributed by atoms with E-state index >= 15 is 0 Å². The fraction of sp³-hybridized carbons (Fsp3) is 0.778. The third kappa shape index (κ3) is 13.3. The number of fused-ring (bicyclic) bond motifs is 2. The SMILES string of the molecule is CC(C)(C)NC(=O)CN1CC2CC1CN2CC(N)=O.[CH2-]C12CC3CC(CC(C3)C1)C2.[CH3-].[CH3-].[CH3-].[Cs+].[Cs+].[Cs+]. The molecule has 194 valence electrons. The van der Waals surface area contributed by atoms with Crippen LogP contribution in [0.25, 0.3) is 0 Å². The van der Waals surface area contributed by atoms with E-state index in [1.807, 2.05) is 20.8 Å². The van der Waals surface area contributed by atoms with E-state index in [0.717, 1.165) is 37.3 Å². The van der Waals surface area contributed by atoms with Gasteiger partial charge >= 0.3 is 207 Å². The molecule has 6 aliphatic rings. The normalized spacial score (nSPS) is 33.1. The third-order valence-corrected chi connectivity index (χ3v) is 7.85. The number of rotatable bonds is 4. The van der Waals surface area contributed by atoms with Crippen molar-refractivity contribution in [2.24, 2.45) is 28.9 Å². The molecule has 0 aromatic carbocycles. The Morgan fingerprint density at radius 1 is 0.833 bits per heavy atom. The van der Waals surface area contributed by atoms with Crippen LogP contribution in [0, 0.1) is 52.4 Å². The molecule has 2 atom stereocenters. The van der Waals surface area contributed by atoms with Crippen molar-refractivity contribution in [2.45, 2.75) is 83.3 Å². The predicted molar refractivity (Wildman–Crippen MR) is 138 cm³/mol. The summed E-state index contributed by atoms with van der Waals surface area (Å²) in [5.74, 6) is 3.04. The predicted octanol–water partition coefficient (Wildman–Crippen LogP) is -5.46. The Kier molecular flexibility index (Phi) is 24.5. The van der Waals surface area contributed by atoms with Gasteiger partial charge in [-0.1, -0.05) is 19.3 Å². The molecule has 2 amide bonds. The second-order valence-corrected chi connectivity index (χ2v) is 12.1. The average Bonchev–Trinajstić information content (AvgIpc) is 3.10. The van der Waals surface area contributed by atoms with Gasteiger partial charge in [0.05, 0.1) is 13.1 Å². The maximum absolute atomic E-state index is 11.9. The van der Waals surface area contributed by atoms with Crippen molar-refractivity contribution in [3.05, 3.63) is 29.2 Å². The second-order valence-electron chi connectivity index (χ2n) is 12.1. The van der Waals surface area contributed by atoms with Crippen LogP contribution in [0.3, 0.4) is 0 Å². The zero-order valence-corrected chi connectivity index (χ0v) is 44.0. The summed E-state index contributed by atoms with van der Waals surface area (Å²) in [7, 11) is 0. The Labute approximate surface area is 400 Å². The van der Waals surface area contributed by atoms with Gasteiger partial charge in [-0.15, -0.1) is 0 Å². The fourth-order valence-corrected chi connectivity index (χ4v) is 7.35.